The van der Waals surface area contributed by atoms with Crippen molar-refractivity contribution in [1.82, 2.24) is 5.32 Å². The highest BCUT2D eigenvalue weighted by molar-refractivity contribution is 6.30. The molecule has 0 aliphatic carbocycles. The quantitative estimate of drug-likeness (QED) is 0.911. The van der Waals surface area contributed by atoms with E-state index in [9.17, 15) is 4.39 Å². The van der Waals surface area contributed by atoms with Crippen LogP contribution in [0.2, 0.25) is 5.02 Å². The molecular formula is C16H17ClFNO2. The molecule has 0 aliphatic heterocycles. The van der Waals surface area contributed by atoms with E-state index in [1.54, 1.807) is 45.5 Å². The van der Waals surface area contributed by atoms with Crippen LogP contribution >= 0.6 is 11.6 Å². The first-order chi connectivity index (χ1) is 10.1. The van der Waals surface area contributed by atoms with Gasteiger partial charge < -0.3 is 14.8 Å². The van der Waals surface area contributed by atoms with Gasteiger partial charge in [-0.2, -0.15) is 0 Å². The van der Waals surface area contributed by atoms with Crippen LogP contribution in [0.1, 0.15) is 17.2 Å². The van der Waals surface area contributed by atoms with E-state index >= 15 is 0 Å². The molecule has 0 fully saturated rings. The number of rotatable bonds is 5. The summed E-state index contributed by atoms with van der Waals surface area (Å²) in [4.78, 5) is 0. The number of benzene rings is 2. The summed E-state index contributed by atoms with van der Waals surface area (Å²) in [6, 6.07) is 9.68. The Morgan fingerprint density at radius 2 is 1.81 bits per heavy atom. The number of ether oxygens (including phenoxy) is 2. The summed E-state index contributed by atoms with van der Waals surface area (Å²) in [6.45, 7) is 0. The second-order valence-electron chi connectivity index (χ2n) is 4.50. The molecule has 2 aromatic rings. The molecule has 3 nitrogen and oxygen atoms in total. The summed E-state index contributed by atoms with van der Waals surface area (Å²) >= 11 is 5.81. The Labute approximate surface area is 128 Å². The first kappa shape index (κ1) is 15.6. The summed E-state index contributed by atoms with van der Waals surface area (Å²) in [7, 11) is 4.93. The minimum absolute atomic E-state index is 0.365. The lowest BCUT2D eigenvalue weighted by molar-refractivity contribution is 0.394. The molecular weight excluding hydrogens is 293 g/mol. The van der Waals surface area contributed by atoms with Gasteiger partial charge in [0, 0.05) is 16.1 Å². The predicted octanol–water partition coefficient (Wildman–Crippen LogP) is 3.81. The lowest BCUT2D eigenvalue weighted by Crippen LogP contribution is -2.19. The van der Waals surface area contributed by atoms with Gasteiger partial charge in [0.25, 0.3) is 0 Å². The largest absolute Gasteiger partial charge is 0.497 e. The molecule has 0 bridgehead atoms. The van der Waals surface area contributed by atoms with Gasteiger partial charge >= 0.3 is 0 Å². The normalized spacial score (nSPS) is 12.0. The second-order valence-corrected chi connectivity index (χ2v) is 4.93. The van der Waals surface area contributed by atoms with E-state index in [-0.39, 0.29) is 11.9 Å². The lowest BCUT2D eigenvalue weighted by Gasteiger charge is -2.21. The van der Waals surface area contributed by atoms with E-state index in [2.05, 4.69) is 5.32 Å². The van der Waals surface area contributed by atoms with E-state index in [4.69, 9.17) is 21.1 Å². The first-order valence-electron chi connectivity index (χ1n) is 6.44. The fourth-order valence-corrected chi connectivity index (χ4v) is 2.44. The smallest absolute Gasteiger partial charge is 0.129 e. The van der Waals surface area contributed by atoms with Crippen LogP contribution in [0.3, 0.4) is 0 Å². The molecule has 112 valence electrons. The van der Waals surface area contributed by atoms with Gasteiger partial charge in [0.1, 0.15) is 17.3 Å². The van der Waals surface area contributed by atoms with Gasteiger partial charge in [0.2, 0.25) is 0 Å². The number of halogens is 2. The average molecular weight is 310 g/mol. The summed E-state index contributed by atoms with van der Waals surface area (Å²) < 4.78 is 24.8. The average Bonchev–Trinajstić information content (AvgIpc) is 2.49. The van der Waals surface area contributed by atoms with Gasteiger partial charge in [0.05, 0.1) is 20.3 Å². The van der Waals surface area contributed by atoms with Crippen LogP contribution in [0.25, 0.3) is 0 Å². The molecule has 0 aromatic heterocycles. The van der Waals surface area contributed by atoms with Crippen LogP contribution in [-0.4, -0.2) is 21.3 Å². The Kier molecular flexibility index (Phi) is 5.04. The Morgan fingerprint density at radius 3 is 2.38 bits per heavy atom. The van der Waals surface area contributed by atoms with Crippen molar-refractivity contribution in [3.63, 3.8) is 0 Å². The lowest BCUT2D eigenvalue weighted by atomic mass is 9.97. The van der Waals surface area contributed by atoms with Gasteiger partial charge in [-0.1, -0.05) is 17.7 Å². The second kappa shape index (κ2) is 6.78. The SMILES string of the molecule is CNC(c1ccc(Cl)cc1F)c1cc(OC)ccc1OC. The molecule has 0 aliphatic rings. The van der Waals surface area contributed by atoms with Crippen molar-refractivity contribution < 1.29 is 13.9 Å². The van der Waals surface area contributed by atoms with E-state index in [1.807, 2.05) is 6.07 Å². The number of nitrogens with one attached hydrogen (secondary N) is 1. The van der Waals surface area contributed by atoms with Crippen molar-refractivity contribution in [3.05, 3.63) is 58.4 Å². The highest BCUT2D eigenvalue weighted by Crippen LogP contribution is 2.34. The maximum absolute atomic E-state index is 14.2. The summed E-state index contributed by atoms with van der Waals surface area (Å²) in [5.74, 6) is 0.969. The van der Waals surface area contributed by atoms with Crippen LogP contribution in [0, 0.1) is 5.82 Å². The standard InChI is InChI=1S/C16H17ClFNO2/c1-19-16(12-6-4-10(17)8-14(12)18)13-9-11(20-2)5-7-15(13)21-3/h4-9,16,19H,1-3H3. The minimum atomic E-state index is -0.369. The maximum atomic E-state index is 14.2. The van der Waals surface area contributed by atoms with Gasteiger partial charge in [-0.15, -0.1) is 0 Å². The van der Waals surface area contributed by atoms with E-state index in [0.29, 0.717) is 22.1 Å². The Morgan fingerprint density at radius 1 is 1.05 bits per heavy atom. The molecule has 0 saturated carbocycles. The monoisotopic (exact) mass is 309 g/mol. The molecule has 1 N–H and O–H groups in total. The predicted molar refractivity (Wildman–Crippen MR) is 81.9 cm³/mol. The number of hydrogen-bond acceptors (Lipinski definition) is 3. The van der Waals surface area contributed by atoms with Crippen molar-refractivity contribution in [2.45, 2.75) is 6.04 Å². The van der Waals surface area contributed by atoms with E-state index in [0.717, 1.165) is 5.56 Å². The van der Waals surface area contributed by atoms with Crippen LogP contribution in [0.4, 0.5) is 4.39 Å². The van der Waals surface area contributed by atoms with E-state index in [1.165, 1.54) is 6.07 Å². The Bertz CT molecular complexity index is 634. The third-order valence-electron chi connectivity index (χ3n) is 3.31. The fourth-order valence-electron chi connectivity index (χ4n) is 2.28. The molecule has 2 aromatic carbocycles. The van der Waals surface area contributed by atoms with Crippen molar-refractivity contribution in [2.75, 3.05) is 21.3 Å². The van der Waals surface area contributed by atoms with Crippen LogP contribution < -0.4 is 14.8 Å². The highest BCUT2D eigenvalue weighted by atomic mass is 35.5. The zero-order valence-corrected chi connectivity index (χ0v) is 12.9. The highest BCUT2D eigenvalue weighted by Gasteiger charge is 2.20. The third kappa shape index (κ3) is 3.28. The van der Waals surface area contributed by atoms with Gasteiger partial charge in [-0.3, -0.25) is 0 Å². The molecule has 0 radical (unpaired) electrons. The molecule has 1 unspecified atom stereocenters. The molecule has 0 amide bonds. The molecule has 21 heavy (non-hydrogen) atoms. The van der Waals surface area contributed by atoms with Crippen molar-refractivity contribution in [3.8, 4) is 11.5 Å². The third-order valence-corrected chi connectivity index (χ3v) is 3.55. The van der Waals surface area contributed by atoms with Crippen LogP contribution in [0.5, 0.6) is 11.5 Å². The number of hydrogen-bond donors (Lipinski definition) is 1. The first-order valence-corrected chi connectivity index (χ1v) is 6.82. The van der Waals surface area contributed by atoms with Gasteiger partial charge in [0.15, 0.2) is 0 Å². The zero-order chi connectivity index (χ0) is 15.4. The minimum Gasteiger partial charge on any atom is -0.497 e. The summed E-state index contributed by atoms with van der Waals surface area (Å²) in [6.07, 6.45) is 0. The molecule has 0 heterocycles. The molecule has 2 rings (SSSR count). The summed E-state index contributed by atoms with van der Waals surface area (Å²) in [5, 5.41) is 3.47. The summed E-state index contributed by atoms with van der Waals surface area (Å²) in [5.41, 5.74) is 1.29. The fraction of sp³-hybridized carbons (Fsp3) is 0.250. The van der Waals surface area contributed by atoms with Gasteiger partial charge in [-0.25, -0.2) is 4.39 Å². The van der Waals surface area contributed by atoms with Gasteiger partial charge in [-0.05, 0) is 37.4 Å². The van der Waals surface area contributed by atoms with Crippen molar-refractivity contribution in [1.29, 1.82) is 0 Å². The maximum Gasteiger partial charge on any atom is 0.129 e. The number of methoxy groups -OCH3 is 2. The molecule has 0 saturated heterocycles. The van der Waals surface area contributed by atoms with Crippen LogP contribution in [0.15, 0.2) is 36.4 Å². The topological polar surface area (TPSA) is 30.5 Å². The van der Waals surface area contributed by atoms with E-state index < -0.39 is 0 Å². The molecule has 0 spiro atoms. The van der Waals surface area contributed by atoms with Crippen molar-refractivity contribution >= 4 is 11.6 Å². The molecule has 1 atom stereocenters. The zero-order valence-electron chi connectivity index (χ0n) is 12.1. The molecule has 5 heteroatoms. The Hall–Kier alpha value is -1.78. The van der Waals surface area contributed by atoms with Crippen molar-refractivity contribution in [2.24, 2.45) is 0 Å². The Balaban J connectivity index is 2.54. The van der Waals surface area contributed by atoms with Crippen LogP contribution in [-0.2, 0) is 0 Å².